The number of benzene rings is 3. The third kappa shape index (κ3) is 4.61. The van der Waals surface area contributed by atoms with E-state index in [1.165, 1.54) is 0 Å². The quantitative estimate of drug-likeness (QED) is 0.379. The van der Waals surface area contributed by atoms with Crippen LogP contribution in [0.2, 0.25) is 0 Å². The normalized spacial score (nSPS) is 11.3. The molecule has 0 aliphatic carbocycles. The van der Waals surface area contributed by atoms with Gasteiger partial charge in [0.15, 0.2) is 17.5 Å². The number of nitrogens with one attached hydrogen (secondary N) is 1. The van der Waals surface area contributed by atoms with Gasteiger partial charge in [0, 0.05) is 17.1 Å². The lowest BCUT2D eigenvalue weighted by Crippen LogP contribution is -2.23. The zero-order valence-corrected chi connectivity index (χ0v) is 15.4. The number of guanidine groups is 1. The van der Waals surface area contributed by atoms with E-state index in [2.05, 4.69) is 22.4 Å². The van der Waals surface area contributed by atoms with E-state index in [9.17, 15) is 0 Å². The molecule has 0 unspecified atom stereocenters. The lowest BCUT2D eigenvalue weighted by atomic mass is 10.1. The summed E-state index contributed by atoms with van der Waals surface area (Å²) in [6.45, 7) is 0.873. The molecule has 0 bridgehead atoms. The van der Waals surface area contributed by atoms with Crippen LogP contribution in [0.5, 0.6) is 17.2 Å². The van der Waals surface area contributed by atoms with Crippen molar-refractivity contribution in [2.45, 2.75) is 0 Å². The highest BCUT2D eigenvalue weighted by Gasteiger charge is 2.05. The molecule has 6 heteroatoms. The van der Waals surface area contributed by atoms with Crippen LogP contribution in [0.25, 0.3) is 10.8 Å². The van der Waals surface area contributed by atoms with E-state index < -0.39 is 0 Å². The summed E-state index contributed by atoms with van der Waals surface area (Å²) >= 11 is 0. The fourth-order valence-corrected chi connectivity index (χ4v) is 2.74. The minimum atomic E-state index is 0.309. The number of anilines is 1. The van der Waals surface area contributed by atoms with Gasteiger partial charge < -0.3 is 25.3 Å². The fourth-order valence-electron chi connectivity index (χ4n) is 2.74. The standard InChI is InChI=1S/C21H23N3O3/c1-25-19-11-10-16(14-20(19)26-2)24-21(22)23-12-13-27-18-9-5-7-15-6-3-4-8-17(15)18/h3-11,14H,12-13H2,1-2H3,(H3,22,23,24). The Morgan fingerprint density at radius 1 is 0.926 bits per heavy atom. The molecule has 3 aromatic carbocycles. The molecule has 0 radical (unpaired) electrons. The van der Waals surface area contributed by atoms with Crippen LogP contribution in [0.4, 0.5) is 5.69 Å². The molecule has 0 fully saturated rings. The van der Waals surface area contributed by atoms with Gasteiger partial charge >= 0.3 is 0 Å². The molecule has 0 aliphatic heterocycles. The van der Waals surface area contributed by atoms with Crippen LogP contribution in [0, 0.1) is 0 Å². The number of nitrogens with zero attached hydrogens (tertiary/aromatic N) is 1. The highest BCUT2D eigenvalue weighted by Crippen LogP contribution is 2.29. The zero-order valence-electron chi connectivity index (χ0n) is 15.4. The van der Waals surface area contributed by atoms with Crippen molar-refractivity contribution < 1.29 is 14.2 Å². The molecular formula is C21H23N3O3. The molecule has 27 heavy (non-hydrogen) atoms. The minimum Gasteiger partial charge on any atom is -0.493 e. The Bertz CT molecular complexity index is 936. The van der Waals surface area contributed by atoms with Gasteiger partial charge in [-0.05, 0) is 23.6 Å². The third-order valence-corrected chi connectivity index (χ3v) is 4.04. The first-order valence-corrected chi connectivity index (χ1v) is 8.61. The van der Waals surface area contributed by atoms with Crippen LogP contribution in [0.1, 0.15) is 0 Å². The molecule has 0 aliphatic rings. The summed E-state index contributed by atoms with van der Waals surface area (Å²) in [5, 5.41) is 5.26. The summed E-state index contributed by atoms with van der Waals surface area (Å²) in [6.07, 6.45) is 0. The Morgan fingerprint density at radius 2 is 1.70 bits per heavy atom. The fraction of sp³-hybridized carbons (Fsp3) is 0.190. The number of rotatable bonds is 7. The maximum atomic E-state index is 5.95. The van der Waals surface area contributed by atoms with Gasteiger partial charge in [-0.1, -0.05) is 36.4 Å². The topological polar surface area (TPSA) is 78.1 Å². The van der Waals surface area contributed by atoms with Gasteiger partial charge in [0.05, 0.1) is 20.8 Å². The first-order valence-electron chi connectivity index (χ1n) is 8.61. The summed E-state index contributed by atoms with van der Waals surface area (Å²) in [7, 11) is 3.18. The average Bonchev–Trinajstić information content (AvgIpc) is 2.71. The molecule has 0 saturated heterocycles. The van der Waals surface area contributed by atoms with Crippen molar-refractivity contribution in [2.75, 3.05) is 32.7 Å². The molecule has 3 aromatic rings. The van der Waals surface area contributed by atoms with Crippen molar-refractivity contribution in [3.05, 3.63) is 60.7 Å². The Kier molecular flexibility index (Phi) is 5.99. The van der Waals surface area contributed by atoms with E-state index in [-0.39, 0.29) is 0 Å². The van der Waals surface area contributed by atoms with Crippen molar-refractivity contribution in [3.63, 3.8) is 0 Å². The van der Waals surface area contributed by atoms with Crippen LogP contribution >= 0.6 is 0 Å². The number of aliphatic imine (C=N–C) groups is 1. The Balaban J connectivity index is 1.56. The maximum Gasteiger partial charge on any atom is 0.193 e. The number of hydrogen-bond acceptors (Lipinski definition) is 4. The van der Waals surface area contributed by atoms with E-state index in [4.69, 9.17) is 19.9 Å². The van der Waals surface area contributed by atoms with E-state index in [1.54, 1.807) is 26.4 Å². The summed E-state index contributed by atoms with van der Waals surface area (Å²) in [5.41, 5.74) is 6.72. The molecule has 0 saturated carbocycles. The smallest absolute Gasteiger partial charge is 0.193 e. The number of methoxy groups -OCH3 is 2. The van der Waals surface area contributed by atoms with Gasteiger partial charge in [-0.25, -0.2) is 4.99 Å². The summed E-state index contributed by atoms with van der Waals surface area (Å²) < 4.78 is 16.4. The van der Waals surface area contributed by atoms with E-state index in [0.29, 0.717) is 30.6 Å². The van der Waals surface area contributed by atoms with Crippen molar-refractivity contribution in [1.29, 1.82) is 0 Å². The minimum absolute atomic E-state index is 0.309. The monoisotopic (exact) mass is 365 g/mol. The van der Waals surface area contributed by atoms with Crippen LogP contribution in [0.15, 0.2) is 65.7 Å². The number of fused-ring (bicyclic) bond motifs is 1. The summed E-state index contributed by atoms with van der Waals surface area (Å²) in [6, 6.07) is 19.6. The number of nitrogens with two attached hydrogens (primary N) is 1. The predicted octanol–water partition coefficient (Wildman–Crippen LogP) is 3.66. The molecule has 0 amide bonds. The molecule has 0 atom stereocenters. The van der Waals surface area contributed by atoms with Gasteiger partial charge in [-0.15, -0.1) is 0 Å². The van der Waals surface area contributed by atoms with Crippen LogP contribution in [0.3, 0.4) is 0 Å². The lowest BCUT2D eigenvalue weighted by Gasteiger charge is -2.11. The van der Waals surface area contributed by atoms with E-state index >= 15 is 0 Å². The number of ether oxygens (including phenoxy) is 3. The lowest BCUT2D eigenvalue weighted by molar-refractivity contribution is 0.332. The van der Waals surface area contributed by atoms with Gasteiger partial charge in [0.1, 0.15) is 12.4 Å². The Hall–Kier alpha value is -3.41. The van der Waals surface area contributed by atoms with Crippen molar-refractivity contribution in [3.8, 4) is 17.2 Å². The van der Waals surface area contributed by atoms with E-state index in [1.807, 2.05) is 36.4 Å². The second-order valence-electron chi connectivity index (χ2n) is 5.79. The highest BCUT2D eigenvalue weighted by atomic mass is 16.5. The van der Waals surface area contributed by atoms with Crippen molar-refractivity contribution in [2.24, 2.45) is 10.7 Å². The number of hydrogen-bond donors (Lipinski definition) is 2. The summed E-state index contributed by atoms with van der Waals surface area (Å²) in [4.78, 5) is 4.30. The van der Waals surface area contributed by atoms with Crippen LogP contribution in [-0.2, 0) is 0 Å². The van der Waals surface area contributed by atoms with E-state index in [0.717, 1.165) is 22.2 Å². The van der Waals surface area contributed by atoms with Gasteiger partial charge in [0.25, 0.3) is 0 Å². The van der Waals surface area contributed by atoms with Gasteiger partial charge in [-0.3, -0.25) is 0 Å². The molecule has 3 rings (SSSR count). The molecule has 140 valence electrons. The van der Waals surface area contributed by atoms with Crippen molar-refractivity contribution in [1.82, 2.24) is 0 Å². The van der Waals surface area contributed by atoms with Gasteiger partial charge in [0.2, 0.25) is 0 Å². The second-order valence-corrected chi connectivity index (χ2v) is 5.79. The van der Waals surface area contributed by atoms with Crippen LogP contribution < -0.4 is 25.3 Å². The summed E-state index contributed by atoms with van der Waals surface area (Å²) in [5.74, 6) is 2.43. The maximum absolute atomic E-state index is 5.95. The third-order valence-electron chi connectivity index (χ3n) is 4.04. The molecule has 0 spiro atoms. The second kappa shape index (κ2) is 8.80. The largest absolute Gasteiger partial charge is 0.493 e. The highest BCUT2D eigenvalue weighted by molar-refractivity contribution is 5.92. The first-order chi connectivity index (χ1) is 13.2. The molecule has 6 nitrogen and oxygen atoms in total. The Labute approximate surface area is 158 Å². The SMILES string of the molecule is COc1ccc(NC(N)=NCCOc2cccc3ccccc23)cc1OC. The first kappa shape index (κ1) is 18.4. The molecule has 3 N–H and O–H groups in total. The van der Waals surface area contributed by atoms with Gasteiger partial charge in [-0.2, -0.15) is 0 Å². The van der Waals surface area contributed by atoms with Crippen LogP contribution in [-0.4, -0.2) is 33.3 Å². The average molecular weight is 365 g/mol. The predicted molar refractivity (Wildman–Crippen MR) is 109 cm³/mol. The Morgan fingerprint density at radius 3 is 2.52 bits per heavy atom. The van der Waals surface area contributed by atoms with Crippen molar-refractivity contribution >= 4 is 22.4 Å². The molecule has 0 aromatic heterocycles. The zero-order chi connectivity index (χ0) is 19.1. The molecule has 0 heterocycles. The molecular weight excluding hydrogens is 342 g/mol.